The van der Waals surface area contributed by atoms with Gasteiger partial charge in [0.1, 0.15) is 17.5 Å². The first kappa shape index (κ1) is 22.7. The standard InChI is InChI=1S/C22H29N3O5S/c1-17(25(31(4,27)28)18-8-7-9-19(16-18)29-2)22(26)24-14-12-23(13-15-24)20-10-5-6-11-21(20)30-3/h5-11,16-17H,12-15H2,1-4H3. The quantitative estimate of drug-likeness (QED) is 0.648. The van der Waals surface area contributed by atoms with E-state index in [0.29, 0.717) is 37.6 Å². The maximum atomic E-state index is 13.2. The lowest BCUT2D eigenvalue weighted by atomic mass is 10.2. The second-order valence-electron chi connectivity index (χ2n) is 7.42. The van der Waals surface area contributed by atoms with Gasteiger partial charge in [-0.3, -0.25) is 9.10 Å². The normalized spacial score (nSPS) is 15.4. The van der Waals surface area contributed by atoms with E-state index in [-0.39, 0.29) is 5.91 Å². The number of carbonyl (C=O) groups excluding carboxylic acids is 1. The third kappa shape index (κ3) is 5.04. The topological polar surface area (TPSA) is 79.4 Å². The van der Waals surface area contributed by atoms with Crippen LogP contribution in [0.15, 0.2) is 48.5 Å². The van der Waals surface area contributed by atoms with Gasteiger partial charge in [-0.15, -0.1) is 0 Å². The molecule has 0 bridgehead atoms. The summed E-state index contributed by atoms with van der Waals surface area (Å²) >= 11 is 0. The molecule has 2 aromatic rings. The molecule has 0 spiro atoms. The summed E-state index contributed by atoms with van der Waals surface area (Å²) in [6.07, 6.45) is 1.11. The molecule has 1 heterocycles. The highest BCUT2D eigenvalue weighted by Crippen LogP contribution is 2.29. The van der Waals surface area contributed by atoms with Crippen molar-refractivity contribution in [3.8, 4) is 11.5 Å². The Bertz CT molecular complexity index is 1020. The third-order valence-corrected chi connectivity index (χ3v) is 6.63. The molecular formula is C22H29N3O5S. The van der Waals surface area contributed by atoms with Crippen molar-refractivity contribution in [3.63, 3.8) is 0 Å². The van der Waals surface area contributed by atoms with Gasteiger partial charge in [0, 0.05) is 32.2 Å². The molecular weight excluding hydrogens is 418 g/mol. The van der Waals surface area contributed by atoms with Gasteiger partial charge in [-0.05, 0) is 31.2 Å². The second kappa shape index (κ2) is 9.47. The van der Waals surface area contributed by atoms with Crippen LogP contribution in [0.4, 0.5) is 11.4 Å². The zero-order valence-corrected chi connectivity index (χ0v) is 19.1. The average Bonchev–Trinajstić information content (AvgIpc) is 2.78. The maximum absolute atomic E-state index is 13.2. The maximum Gasteiger partial charge on any atom is 0.246 e. The summed E-state index contributed by atoms with van der Waals surface area (Å²) in [7, 11) is -0.534. The molecule has 168 valence electrons. The van der Waals surface area contributed by atoms with Gasteiger partial charge in [-0.1, -0.05) is 18.2 Å². The van der Waals surface area contributed by atoms with Gasteiger partial charge < -0.3 is 19.3 Å². The molecule has 31 heavy (non-hydrogen) atoms. The van der Waals surface area contributed by atoms with Crippen molar-refractivity contribution >= 4 is 27.3 Å². The minimum Gasteiger partial charge on any atom is -0.497 e. The van der Waals surface area contributed by atoms with Crippen LogP contribution in [0, 0.1) is 0 Å². The van der Waals surface area contributed by atoms with E-state index in [1.165, 1.54) is 7.11 Å². The van der Waals surface area contributed by atoms with E-state index in [4.69, 9.17) is 9.47 Å². The molecule has 8 nitrogen and oxygen atoms in total. The highest BCUT2D eigenvalue weighted by Gasteiger charge is 2.33. The van der Waals surface area contributed by atoms with Crippen molar-refractivity contribution in [1.29, 1.82) is 0 Å². The summed E-state index contributed by atoms with van der Waals surface area (Å²) in [5.41, 5.74) is 1.38. The van der Waals surface area contributed by atoms with E-state index in [9.17, 15) is 13.2 Å². The Kier molecular flexibility index (Phi) is 6.94. The fourth-order valence-electron chi connectivity index (χ4n) is 3.87. The SMILES string of the molecule is COc1cccc(N(C(C)C(=O)N2CCN(c3ccccc3OC)CC2)S(C)(=O)=O)c1. The molecule has 0 aliphatic carbocycles. The predicted octanol–water partition coefficient (Wildman–Crippen LogP) is 2.21. The number of carbonyl (C=O) groups is 1. The smallest absolute Gasteiger partial charge is 0.246 e. The van der Waals surface area contributed by atoms with E-state index in [2.05, 4.69) is 4.90 Å². The fraction of sp³-hybridized carbons (Fsp3) is 0.409. The first-order valence-corrected chi connectivity index (χ1v) is 11.9. The molecule has 3 rings (SSSR count). The number of nitrogens with zero attached hydrogens (tertiary/aromatic N) is 3. The van der Waals surface area contributed by atoms with E-state index in [1.54, 1.807) is 43.2 Å². The summed E-state index contributed by atoms with van der Waals surface area (Å²) < 4.78 is 36.9. The van der Waals surface area contributed by atoms with E-state index < -0.39 is 16.1 Å². The molecule has 2 aromatic carbocycles. The summed E-state index contributed by atoms with van der Waals surface area (Å²) in [6, 6.07) is 13.6. The van der Waals surface area contributed by atoms with Crippen LogP contribution < -0.4 is 18.7 Å². The minimum absolute atomic E-state index is 0.229. The number of amides is 1. The molecule has 1 amide bonds. The van der Waals surface area contributed by atoms with Crippen LogP contribution in [0.1, 0.15) is 6.92 Å². The van der Waals surface area contributed by atoms with Gasteiger partial charge in [0.25, 0.3) is 0 Å². The number of anilines is 2. The molecule has 9 heteroatoms. The number of rotatable bonds is 7. The lowest BCUT2D eigenvalue weighted by Crippen LogP contribution is -2.55. The number of sulfonamides is 1. The number of para-hydroxylation sites is 2. The Morgan fingerprint density at radius 2 is 1.68 bits per heavy atom. The fourth-order valence-corrected chi connectivity index (χ4v) is 5.03. The third-order valence-electron chi connectivity index (χ3n) is 5.39. The molecule has 1 atom stereocenters. The lowest BCUT2D eigenvalue weighted by Gasteiger charge is -2.39. The number of hydrogen-bond acceptors (Lipinski definition) is 6. The summed E-state index contributed by atoms with van der Waals surface area (Å²) in [6.45, 7) is 3.89. The van der Waals surface area contributed by atoms with Crippen LogP contribution in [0.3, 0.4) is 0 Å². The highest BCUT2D eigenvalue weighted by molar-refractivity contribution is 7.92. The summed E-state index contributed by atoms with van der Waals surface area (Å²) in [5, 5.41) is 0. The van der Waals surface area contributed by atoms with Gasteiger partial charge in [0.05, 0.1) is 31.9 Å². The Morgan fingerprint density at radius 3 is 2.29 bits per heavy atom. The van der Waals surface area contributed by atoms with Crippen molar-refractivity contribution < 1.29 is 22.7 Å². The highest BCUT2D eigenvalue weighted by atomic mass is 32.2. The van der Waals surface area contributed by atoms with Crippen LogP contribution in [0.2, 0.25) is 0 Å². The lowest BCUT2D eigenvalue weighted by molar-refractivity contribution is -0.132. The predicted molar refractivity (Wildman–Crippen MR) is 122 cm³/mol. The molecule has 1 fully saturated rings. The molecule has 0 radical (unpaired) electrons. The number of hydrogen-bond donors (Lipinski definition) is 0. The van der Waals surface area contributed by atoms with Crippen LogP contribution in [0.25, 0.3) is 0 Å². The van der Waals surface area contributed by atoms with Crippen LogP contribution in [-0.2, 0) is 14.8 Å². The molecule has 1 aliphatic rings. The Morgan fingerprint density at radius 1 is 1.00 bits per heavy atom. The monoisotopic (exact) mass is 447 g/mol. The van der Waals surface area contributed by atoms with Crippen molar-refractivity contribution in [2.45, 2.75) is 13.0 Å². The first-order valence-electron chi connectivity index (χ1n) is 10.1. The number of methoxy groups -OCH3 is 2. The minimum atomic E-state index is -3.69. The van der Waals surface area contributed by atoms with E-state index in [0.717, 1.165) is 22.0 Å². The average molecular weight is 448 g/mol. The van der Waals surface area contributed by atoms with Gasteiger partial charge >= 0.3 is 0 Å². The molecule has 0 N–H and O–H groups in total. The van der Waals surface area contributed by atoms with Crippen molar-refractivity contribution in [1.82, 2.24) is 4.90 Å². The number of benzene rings is 2. The molecule has 0 aromatic heterocycles. The Balaban J connectivity index is 1.75. The van der Waals surface area contributed by atoms with Gasteiger partial charge in [0.2, 0.25) is 15.9 Å². The second-order valence-corrected chi connectivity index (χ2v) is 9.28. The molecule has 0 saturated carbocycles. The van der Waals surface area contributed by atoms with Crippen molar-refractivity contribution in [2.75, 3.05) is 55.9 Å². The van der Waals surface area contributed by atoms with Crippen molar-refractivity contribution in [3.05, 3.63) is 48.5 Å². The number of ether oxygens (including phenoxy) is 2. The summed E-state index contributed by atoms with van der Waals surface area (Å²) in [5.74, 6) is 1.08. The van der Waals surface area contributed by atoms with Gasteiger partial charge in [0.15, 0.2) is 0 Å². The molecule has 1 aliphatic heterocycles. The Hall–Kier alpha value is -2.94. The Labute approximate surface area is 184 Å². The zero-order chi connectivity index (χ0) is 22.6. The van der Waals surface area contributed by atoms with Crippen molar-refractivity contribution in [2.24, 2.45) is 0 Å². The van der Waals surface area contributed by atoms with Crippen LogP contribution >= 0.6 is 0 Å². The molecule has 1 unspecified atom stereocenters. The van der Waals surface area contributed by atoms with Crippen LogP contribution in [0.5, 0.6) is 11.5 Å². The van der Waals surface area contributed by atoms with E-state index in [1.807, 2.05) is 24.3 Å². The van der Waals surface area contributed by atoms with Gasteiger partial charge in [-0.2, -0.15) is 0 Å². The van der Waals surface area contributed by atoms with Crippen LogP contribution in [-0.4, -0.2) is 71.9 Å². The van der Waals surface area contributed by atoms with Gasteiger partial charge in [-0.25, -0.2) is 8.42 Å². The zero-order valence-electron chi connectivity index (χ0n) is 18.3. The first-order chi connectivity index (χ1) is 14.8. The summed E-state index contributed by atoms with van der Waals surface area (Å²) in [4.78, 5) is 17.1. The largest absolute Gasteiger partial charge is 0.497 e. The molecule has 1 saturated heterocycles. The number of piperazine rings is 1. The van der Waals surface area contributed by atoms with E-state index >= 15 is 0 Å².